The van der Waals surface area contributed by atoms with Gasteiger partial charge < -0.3 is 10.6 Å². The largest absolute Gasteiger partial charge is 0.339 e. The van der Waals surface area contributed by atoms with Gasteiger partial charge in [-0.1, -0.05) is 0 Å². The first-order chi connectivity index (χ1) is 5.62. The third-order valence-corrected chi connectivity index (χ3v) is 2.84. The smallest absolute Gasteiger partial charge is 0.228 e. The Morgan fingerprint density at radius 1 is 1.33 bits per heavy atom. The average molecular weight is 169 g/mol. The molecule has 2 atom stereocenters. The molecule has 2 rings (SSSR count). The van der Waals surface area contributed by atoms with E-state index in [4.69, 9.17) is 0 Å². The lowest BCUT2D eigenvalue weighted by molar-refractivity contribution is -0.126. The van der Waals surface area contributed by atoms with Crippen molar-refractivity contribution in [3.63, 3.8) is 0 Å². The Bertz CT molecular complexity index is 214. The Hall–Kier alpha value is -0.610. The van der Waals surface area contributed by atoms with Crippen LogP contribution in [0, 0.1) is 5.41 Å². The molecule has 0 spiro atoms. The number of piperazine rings is 1. The number of amides is 1. The average Bonchev–Trinajstić information content (AvgIpc) is 2.25. The van der Waals surface area contributed by atoms with E-state index < -0.39 is 0 Å². The van der Waals surface area contributed by atoms with E-state index in [1.54, 1.807) is 0 Å². The van der Waals surface area contributed by atoms with Crippen molar-refractivity contribution >= 4 is 5.91 Å². The summed E-state index contributed by atoms with van der Waals surface area (Å²) < 4.78 is 0. The van der Waals surface area contributed by atoms with Crippen LogP contribution in [0.1, 0.15) is 13.8 Å². The van der Waals surface area contributed by atoms with E-state index in [9.17, 15) is 4.79 Å². The van der Waals surface area contributed by atoms with E-state index in [0.29, 0.717) is 0 Å². The summed E-state index contributed by atoms with van der Waals surface area (Å²) in [6.45, 7) is 5.83. The maximum atomic E-state index is 11.5. The summed E-state index contributed by atoms with van der Waals surface area (Å²) in [7, 11) is 0. The lowest BCUT2D eigenvalue weighted by Crippen LogP contribution is -2.59. The van der Waals surface area contributed by atoms with E-state index in [1.165, 1.54) is 0 Å². The standard InChI is InChI=1S/C8H15N3O/c1-8(2)5-6(11-7(8)12)10-4-3-9-5/h5-6,9-10H,3-4H2,1-2H3,(H,11,12). The van der Waals surface area contributed by atoms with Crippen molar-refractivity contribution in [2.24, 2.45) is 5.41 Å². The molecule has 0 aromatic rings. The SMILES string of the molecule is CC1(C)C(=O)NC2NCCNC21. The van der Waals surface area contributed by atoms with Gasteiger partial charge in [0.2, 0.25) is 5.91 Å². The lowest BCUT2D eigenvalue weighted by atomic mass is 9.85. The highest BCUT2D eigenvalue weighted by Crippen LogP contribution is 2.29. The molecule has 4 nitrogen and oxygen atoms in total. The van der Waals surface area contributed by atoms with Gasteiger partial charge in [0.05, 0.1) is 17.6 Å². The molecule has 2 aliphatic rings. The van der Waals surface area contributed by atoms with Crippen LogP contribution < -0.4 is 16.0 Å². The monoisotopic (exact) mass is 169 g/mol. The zero-order valence-electron chi connectivity index (χ0n) is 7.48. The van der Waals surface area contributed by atoms with Gasteiger partial charge in [-0.15, -0.1) is 0 Å². The van der Waals surface area contributed by atoms with Crippen LogP contribution in [0.3, 0.4) is 0 Å². The Kier molecular flexibility index (Phi) is 1.63. The minimum atomic E-state index is -0.280. The van der Waals surface area contributed by atoms with Gasteiger partial charge in [-0.2, -0.15) is 0 Å². The van der Waals surface area contributed by atoms with Crippen LogP contribution in [0.4, 0.5) is 0 Å². The second-order valence-corrected chi connectivity index (χ2v) is 4.06. The summed E-state index contributed by atoms with van der Waals surface area (Å²) in [5.41, 5.74) is -0.280. The zero-order valence-corrected chi connectivity index (χ0v) is 7.48. The van der Waals surface area contributed by atoms with E-state index >= 15 is 0 Å². The molecule has 12 heavy (non-hydrogen) atoms. The fraction of sp³-hybridized carbons (Fsp3) is 0.875. The topological polar surface area (TPSA) is 53.2 Å². The molecule has 4 heteroatoms. The maximum Gasteiger partial charge on any atom is 0.228 e. The molecule has 2 fully saturated rings. The second kappa shape index (κ2) is 2.44. The van der Waals surface area contributed by atoms with Crippen molar-refractivity contribution < 1.29 is 4.79 Å². The molecule has 0 saturated carbocycles. The molecule has 68 valence electrons. The predicted molar refractivity (Wildman–Crippen MR) is 45.5 cm³/mol. The van der Waals surface area contributed by atoms with Crippen LogP contribution in [0.15, 0.2) is 0 Å². The number of hydrogen-bond acceptors (Lipinski definition) is 3. The van der Waals surface area contributed by atoms with Crippen molar-refractivity contribution in [3.8, 4) is 0 Å². The van der Waals surface area contributed by atoms with Gasteiger partial charge >= 0.3 is 0 Å². The first-order valence-corrected chi connectivity index (χ1v) is 4.40. The maximum absolute atomic E-state index is 11.5. The van der Waals surface area contributed by atoms with E-state index in [1.807, 2.05) is 13.8 Å². The summed E-state index contributed by atoms with van der Waals surface area (Å²) in [4.78, 5) is 11.5. The Labute approximate surface area is 72.1 Å². The lowest BCUT2D eigenvalue weighted by Gasteiger charge is -2.32. The van der Waals surface area contributed by atoms with Crippen molar-refractivity contribution in [2.75, 3.05) is 13.1 Å². The highest BCUT2D eigenvalue weighted by molar-refractivity contribution is 5.85. The number of carbonyl (C=O) groups is 1. The van der Waals surface area contributed by atoms with E-state index in [2.05, 4.69) is 16.0 Å². The fourth-order valence-electron chi connectivity index (χ4n) is 1.97. The molecule has 0 radical (unpaired) electrons. The van der Waals surface area contributed by atoms with Gasteiger partial charge in [0.25, 0.3) is 0 Å². The van der Waals surface area contributed by atoms with Crippen molar-refractivity contribution in [2.45, 2.75) is 26.1 Å². The minimum Gasteiger partial charge on any atom is -0.339 e. The first-order valence-electron chi connectivity index (χ1n) is 4.40. The fourth-order valence-corrected chi connectivity index (χ4v) is 1.97. The zero-order chi connectivity index (χ0) is 8.77. The molecule has 0 aromatic carbocycles. The molecule has 0 bridgehead atoms. The Morgan fingerprint density at radius 2 is 2.00 bits per heavy atom. The third kappa shape index (κ3) is 0.949. The summed E-state index contributed by atoms with van der Waals surface area (Å²) in [6.07, 6.45) is 0.126. The van der Waals surface area contributed by atoms with Gasteiger partial charge in [-0.25, -0.2) is 0 Å². The molecule has 2 aliphatic heterocycles. The van der Waals surface area contributed by atoms with Crippen molar-refractivity contribution in [1.29, 1.82) is 0 Å². The molecule has 2 unspecified atom stereocenters. The summed E-state index contributed by atoms with van der Waals surface area (Å²) in [5, 5.41) is 9.56. The van der Waals surface area contributed by atoms with Crippen LogP contribution in [0.25, 0.3) is 0 Å². The normalized spacial score (nSPS) is 39.0. The number of hydrogen-bond donors (Lipinski definition) is 3. The number of nitrogens with one attached hydrogen (secondary N) is 3. The van der Waals surface area contributed by atoms with E-state index in [0.717, 1.165) is 13.1 Å². The molecule has 1 amide bonds. The molecule has 0 aromatic heterocycles. The van der Waals surface area contributed by atoms with Crippen LogP contribution in [-0.2, 0) is 4.79 Å². The van der Waals surface area contributed by atoms with Crippen LogP contribution in [0.2, 0.25) is 0 Å². The third-order valence-electron chi connectivity index (χ3n) is 2.84. The predicted octanol–water partition coefficient (Wildman–Crippen LogP) is -0.970. The summed E-state index contributed by atoms with van der Waals surface area (Å²) in [5.74, 6) is 0.138. The quantitative estimate of drug-likeness (QED) is 0.437. The van der Waals surface area contributed by atoms with Crippen LogP contribution in [-0.4, -0.2) is 31.2 Å². The second-order valence-electron chi connectivity index (χ2n) is 4.06. The summed E-state index contributed by atoms with van der Waals surface area (Å²) in [6, 6.07) is 0.235. The van der Waals surface area contributed by atoms with Gasteiger partial charge in [0.15, 0.2) is 0 Å². The molecule has 3 N–H and O–H groups in total. The van der Waals surface area contributed by atoms with Gasteiger partial charge in [0.1, 0.15) is 0 Å². The first kappa shape index (κ1) is 8.01. The Morgan fingerprint density at radius 3 is 2.67 bits per heavy atom. The van der Waals surface area contributed by atoms with E-state index in [-0.39, 0.29) is 23.5 Å². The van der Waals surface area contributed by atoms with Crippen molar-refractivity contribution in [1.82, 2.24) is 16.0 Å². The van der Waals surface area contributed by atoms with Crippen LogP contribution in [0.5, 0.6) is 0 Å². The van der Waals surface area contributed by atoms with Crippen molar-refractivity contribution in [3.05, 3.63) is 0 Å². The highest BCUT2D eigenvalue weighted by atomic mass is 16.2. The number of fused-ring (bicyclic) bond motifs is 1. The highest BCUT2D eigenvalue weighted by Gasteiger charge is 2.49. The molecule has 2 saturated heterocycles. The summed E-state index contributed by atoms with van der Waals surface area (Å²) >= 11 is 0. The molecular weight excluding hydrogens is 154 g/mol. The van der Waals surface area contributed by atoms with Gasteiger partial charge in [-0.05, 0) is 13.8 Å². The van der Waals surface area contributed by atoms with Gasteiger partial charge in [0, 0.05) is 13.1 Å². The van der Waals surface area contributed by atoms with Crippen LogP contribution >= 0.6 is 0 Å². The number of carbonyl (C=O) groups excluding carboxylic acids is 1. The number of rotatable bonds is 0. The molecular formula is C8H15N3O. The Balaban J connectivity index is 2.22. The van der Waals surface area contributed by atoms with Gasteiger partial charge in [-0.3, -0.25) is 10.1 Å². The molecule has 0 aliphatic carbocycles. The minimum absolute atomic E-state index is 0.126. The molecule has 2 heterocycles.